The lowest BCUT2D eigenvalue weighted by molar-refractivity contribution is 0.232. The molecule has 6 nitrogen and oxygen atoms in total. The van der Waals surface area contributed by atoms with Crippen molar-refractivity contribution in [2.75, 3.05) is 25.1 Å². The molecule has 3 N–H and O–H groups in total. The molecule has 0 aromatic heterocycles. The zero-order chi connectivity index (χ0) is 14.0. The molecular weight excluding hydrogens is 254 g/mol. The van der Waals surface area contributed by atoms with Crippen molar-refractivity contribution in [2.24, 2.45) is 16.3 Å². The minimum absolute atomic E-state index is 0.0955. The van der Waals surface area contributed by atoms with Gasteiger partial charge in [-0.3, -0.25) is 0 Å². The average molecular weight is 277 g/mol. The van der Waals surface area contributed by atoms with Crippen LogP contribution >= 0.6 is 0 Å². The first-order chi connectivity index (χ1) is 8.18. The highest BCUT2D eigenvalue weighted by atomic mass is 32.2. The van der Waals surface area contributed by atoms with E-state index in [0.29, 0.717) is 6.42 Å². The van der Waals surface area contributed by atoms with Crippen LogP contribution in [0.2, 0.25) is 0 Å². The number of oxime groups is 1. The molecule has 0 aromatic carbocycles. The summed E-state index contributed by atoms with van der Waals surface area (Å²) in [5.74, 6) is 0.731. The molecule has 0 amide bonds. The molecule has 0 aliphatic carbocycles. The Kier molecular flexibility index (Phi) is 4.61. The Labute approximate surface area is 109 Å². The molecule has 7 heteroatoms. The zero-order valence-electron chi connectivity index (χ0n) is 11.3. The molecule has 18 heavy (non-hydrogen) atoms. The minimum Gasteiger partial charge on any atom is -0.409 e. The summed E-state index contributed by atoms with van der Waals surface area (Å²) >= 11 is 0. The highest BCUT2D eigenvalue weighted by Crippen LogP contribution is 2.23. The fourth-order valence-electron chi connectivity index (χ4n) is 2.02. The van der Waals surface area contributed by atoms with Gasteiger partial charge < -0.3 is 15.8 Å². The van der Waals surface area contributed by atoms with E-state index in [-0.39, 0.29) is 28.8 Å². The quantitative estimate of drug-likeness (QED) is 0.325. The third-order valence-corrected chi connectivity index (χ3v) is 5.47. The number of amidine groups is 1. The Balaban J connectivity index is 2.50. The van der Waals surface area contributed by atoms with E-state index in [2.05, 4.69) is 10.1 Å². The first-order valence-corrected chi connectivity index (χ1v) is 7.89. The molecular formula is C11H23N3O3S. The smallest absolute Gasteiger partial charge is 0.151 e. The molecule has 0 spiro atoms. The van der Waals surface area contributed by atoms with Gasteiger partial charge in [0.25, 0.3) is 0 Å². The monoisotopic (exact) mass is 277 g/mol. The summed E-state index contributed by atoms with van der Waals surface area (Å²) in [6.45, 7) is 4.53. The molecule has 106 valence electrons. The molecule has 1 heterocycles. The fraction of sp³-hybridized carbons (Fsp3) is 0.909. The Morgan fingerprint density at radius 2 is 2.17 bits per heavy atom. The van der Waals surface area contributed by atoms with Gasteiger partial charge in [-0.1, -0.05) is 19.0 Å². The number of sulfone groups is 1. The molecule has 1 rings (SSSR count). The molecule has 0 radical (unpaired) electrons. The van der Waals surface area contributed by atoms with Crippen molar-refractivity contribution in [1.29, 1.82) is 0 Å². The number of hydrogen-bond acceptors (Lipinski definition) is 5. The van der Waals surface area contributed by atoms with E-state index in [1.807, 2.05) is 20.9 Å². The van der Waals surface area contributed by atoms with Gasteiger partial charge in [-0.25, -0.2) is 8.42 Å². The van der Waals surface area contributed by atoms with Gasteiger partial charge in [-0.2, -0.15) is 0 Å². The Morgan fingerprint density at radius 1 is 1.56 bits per heavy atom. The molecule has 0 bridgehead atoms. The predicted molar refractivity (Wildman–Crippen MR) is 71.5 cm³/mol. The van der Waals surface area contributed by atoms with Crippen LogP contribution < -0.4 is 5.73 Å². The van der Waals surface area contributed by atoms with Gasteiger partial charge in [0.1, 0.15) is 5.84 Å². The second-order valence-corrected chi connectivity index (χ2v) is 7.89. The van der Waals surface area contributed by atoms with Crippen LogP contribution in [0.1, 0.15) is 26.7 Å². The maximum absolute atomic E-state index is 11.4. The fourth-order valence-corrected chi connectivity index (χ4v) is 3.83. The van der Waals surface area contributed by atoms with Crippen LogP contribution in [0.5, 0.6) is 0 Å². The number of hydrogen-bond donors (Lipinski definition) is 2. The van der Waals surface area contributed by atoms with Crippen LogP contribution in [-0.4, -0.2) is 55.5 Å². The first kappa shape index (κ1) is 15.2. The number of nitrogens with zero attached hydrogens (tertiary/aromatic N) is 2. The van der Waals surface area contributed by atoms with Crippen molar-refractivity contribution in [3.63, 3.8) is 0 Å². The highest BCUT2D eigenvalue weighted by Gasteiger charge is 2.32. The van der Waals surface area contributed by atoms with E-state index in [1.54, 1.807) is 0 Å². The predicted octanol–water partition coefficient (Wildman–Crippen LogP) is 0.268. The molecule has 0 saturated carbocycles. The van der Waals surface area contributed by atoms with Gasteiger partial charge >= 0.3 is 0 Å². The second kappa shape index (κ2) is 5.44. The van der Waals surface area contributed by atoms with Crippen LogP contribution in [-0.2, 0) is 9.84 Å². The molecule has 1 aliphatic rings. The normalized spacial score (nSPS) is 24.7. The van der Waals surface area contributed by atoms with Crippen molar-refractivity contribution in [1.82, 2.24) is 4.90 Å². The molecule has 0 aromatic rings. The van der Waals surface area contributed by atoms with Gasteiger partial charge in [0.15, 0.2) is 9.84 Å². The summed E-state index contributed by atoms with van der Waals surface area (Å²) in [6, 6.07) is 0.0955. The van der Waals surface area contributed by atoms with Gasteiger partial charge in [0, 0.05) is 11.5 Å². The lowest BCUT2D eigenvalue weighted by atomic mass is 9.88. The standard InChI is InChI=1S/C11H23N3O3S/c1-11(2,10(12)13-15)5-6-14(3)9-4-7-18(16,17)8-9/h9,15H,4-8H2,1-3H3,(H2,12,13). The van der Waals surface area contributed by atoms with E-state index in [4.69, 9.17) is 10.9 Å². The largest absolute Gasteiger partial charge is 0.409 e. The third-order valence-electron chi connectivity index (χ3n) is 3.72. The van der Waals surface area contributed by atoms with E-state index in [9.17, 15) is 8.42 Å². The Morgan fingerprint density at radius 3 is 2.61 bits per heavy atom. The van der Waals surface area contributed by atoms with Gasteiger partial charge in [-0.05, 0) is 26.4 Å². The lowest BCUT2D eigenvalue weighted by Crippen LogP contribution is -2.39. The summed E-state index contributed by atoms with van der Waals surface area (Å²) in [6.07, 6.45) is 1.42. The summed E-state index contributed by atoms with van der Waals surface area (Å²) in [5.41, 5.74) is 5.23. The van der Waals surface area contributed by atoms with Crippen LogP contribution in [0.25, 0.3) is 0 Å². The summed E-state index contributed by atoms with van der Waals surface area (Å²) in [7, 11) is -0.921. The van der Waals surface area contributed by atoms with Crippen molar-refractivity contribution in [3.8, 4) is 0 Å². The average Bonchev–Trinajstić information content (AvgIpc) is 2.65. The maximum Gasteiger partial charge on any atom is 0.151 e. The van der Waals surface area contributed by atoms with Crippen LogP contribution in [0, 0.1) is 5.41 Å². The van der Waals surface area contributed by atoms with Crippen molar-refractivity contribution in [3.05, 3.63) is 0 Å². The zero-order valence-corrected chi connectivity index (χ0v) is 12.1. The highest BCUT2D eigenvalue weighted by molar-refractivity contribution is 7.91. The van der Waals surface area contributed by atoms with Crippen molar-refractivity contribution >= 4 is 15.7 Å². The topological polar surface area (TPSA) is 96.0 Å². The van der Waals surface area contributed by atoms with Crippen LogP contribution in [0.4, 0.5) is 0 Å². The second-order valence-electron chi connectivity index (χ2n) is 5.66. The van der Waals surface area contributed by atoms with Gasteiger partial charge in [0.2, 0.25) is 0 Å². The van der Waals surface area contributed by atoms with Crippen LogP contribution in [0.15, 0.2) is 5.16 Å². The molecule has 1 unspecified atom stereocenters. The van der Waals surface area contributed by atoms with E-state index < -0.39 is 9.84 Å². The third kappa shape index (κ3) is 3.84. The van der Waals surface area contributed by atoms with Gasteiger partial charge in [0.05, 0.1) is 11.5 Å². The summed E-state index contributed by atoms with van der Waals surface area (Å²) < 4.78 is 22.8. The van der Waals surface area contributed by atoms with Gasteiger partial charge in [-0.15, -0.1) is 0 Å². The van der Waals surface area contributed by atoms with E-state index in [0.717, 1.165) is 13.0 Å². The van der Waals surface area contributed by atoms with E-state index >= 15 is 0 Å². The molecule has 1 fully saturated rings. The van der Waals surface area contributed by atoms with Crippen molar-refractivity contribution < 1.29 is 13.6 Å². The Bertz CT molecular complexity index is 417. The SMILES string of the molecule is CN(CCC(C)(C)C(N)=NO)C1CCS(=O)(=O)C1. The van der Waals surface area contributed by atoms with Crippen LogP contribution in [0.3, 0.4) is 0 Å². The molecule has 1 aliphatic heterocycles. The number of rotatable bonds is 5. The van der Waals surface area contributed by atoms with Crippen molar-refractivity contribution in [2.45, 2.75) is 32.7 Å². The molecule has 1 saturated heterocycles. The molecule has 1 atom stereocenters. The Hall–Kier alpha value is -0.820. The summed E-state index contributed by atoms with van der Waals surface area (Å²) in [4.78, 5) is 2.05. The first-order valence-electron chi connectivity index (χ1n) is 6.06. The van der Waals surface area contributed by atoms with E-state index in [1.165, 1.54) is 0 Å². The maximum atomic E-state index is 11.4. The number of nitrogens with two attached hydrogens (primary N) is 1. The minimum atomic E-state index is -2.85. The summed E-state index contributed by atoms with van der Waals surface area (Å²) in [5, 5.41) is 11.7. The lowest BCUT2D eigenvalue weighted by Gasteiger charge is -2.29.